The van der Waals surface area contributed by atoms with Gasteiger partial charge in [-0.05, 0) is 43.4 Å². The minimum atomic E-state index is -0.537. The molecule has 1 atom stereocenters. The lowest BCUT2D eigenvalue weighted by Crippen LogP contribution is -2.58. The van der Waals surface area contributed by atoms with E-state index in [1.165, 1.54) is 11.1 Å². The van der Waals surface area contributed by atoms with Gasteiger partial charge in [-0.3, -0.25) is 4.79 Å². The Hall–Kier alpha value is -1.35. The number of carbonyl (C=O) groups excluding carboxylic acids is 1. The number of aryl methyl sites for hydroxylation is 1. The highest BCUT2D eigenvalue weighted by Crippen LogP contribution is 2.28. The molecule has 1 aliphatic rings. The maximum Gasteiger partial charge on any atom is 0.238 e. The third kappa shape index (κ3) is 2.34. The summed E-state index contributed by atoms with van der Waals surface area (Å²) in [6, 6.07) is 8.31. The van der Waals surface area contributed by atoms with Crippen molar-refractivity contribution in [1.29, 1.82) is 0 Å². The molecule has 1 aromatic carbocycles. The van der Waals surface area contributed by atoms with Crippen molar-refractivity contribution in [3.8, 4) is 0 Å². The molecule has 0 radical (unpaired) electrons. The molecule has 0 saturated carbocycles. The maximum absolute atomic E-state index is 11.8. The van der Waals surface area contributed by atoms with Gasteiger partial charge in [0.25, 0.3) is 0 Å². The third-order valence-electron chi connectivity index (χ3n) is 3.62. The summed E-state index contributed by atoms with van der Waals surface area (Å²) in [7, 11) is 0. The van der Waals surface area contributed by atoms with Crippen molar-refractivity contribution >= 4 is 5.91 Å². The fraction of sp³-hybridized carbons (Fsp3) is 0.500. The molecule has 0 aliphatic heterocycles. The molecular formula is C14H20N2O. The van der Waals surface area contributed by atoms with Gasteiger partial charge in [0.2, 0.25) is 5.91 Å². The van der Waals surface area contributed by atoms with Gasteiger partial charge in [0, 0.05) is 0 Å². The Kier molecular flexibility index (Phi) is 3.48. The first-order valence-electron chi connectivity index (χ1n) is 6.30. The molecule has 0 spiro atoms. The van der Waals surface area contributed by atoms with E-state index in [0.717, 1.165) is 32.2 Å². The second-order valence-corrected chi connectivity index (χ2v) is 4.82. The van der Waals surface area contributed by atoms with E-state index in [2.05, 4.69) is 30.4 Å². The standard InChI is InChI=1S/C14H20N2O/c1-2-9-16-14(13(15)17)8-7-11-5-3-4-6-12(11)10-14/h3-6,16H,2,7-10H2,1H3,(H2,15,17). The molecule has 0 aromatic heterocycles. The number of rotatable bonds is 4. The van der Waals surface area contributed by atoms with Gasteiger partial charge in [-0.2, -0.15) is 0 Å². The second-order valence-electron chi connectivity index (χ2n) is 4.82. The minimum absolute atomic E-state index is 0.222. The average molecular weight is 232 g/mol. The van der Waals surface area contributed by atoms with Crippen molar-refractivity contribution in [3.63, 3.8) is 0 Å². The topological polar surface area (TPSA) is 55.1 Å². The Morgan fingerprint density at radius 1 is 1.41 bits per heavy atom. The highest BCUT2D eigenvalue weighted by atomic mass is 16.1. The van der Waals surface area contributed by atoms with Crippen LogP contribution in [0.2, 0.25) is 0 Å². The van der Waals surface area contributed by atoms with Crippen molar-refractivity contribution in [2.45, 2.75) is 38.1 Å². The van der Waals surface area contributed by atoms with E-state index in [1.54, 1.807) is 0 Å². The molecule has 1 amide bonds. The molecule has 0 saturated heterocycles. The van der Waals surface area contributed by atoms with Crippen molar-refractivity contribution in [3.05, 3.63) is 35.4 Å². The molecular weight excluding hydrogens is 212 g/mol. The van der Waals surface area contributed by atoms with Gasteiger partial charge in [-0.15, -0.1) is 0 Å². The molecule has 17 heavy (non-hydrogen) atoms. The molecule has 0 heterocycles. The van der Waals surface area contributed by atoms with Crippen molar-refractivity contribution < 1.29 is 4.79 Å². The van der Waals surface area contributed by atoms with Gasteiger partial charge in [-0.25, -0.2) is 0 Å². The Bertz CT molecular complexity index is 416. The molecule has 1 aliphatic carbocycles. The van der Waals surface area contributed by atoms with Gasteiger partial charge in [0.05, 0.1) is 0 Å². The molecule has 92 valence electrons. The molecule has 1 aromatic rings. The number of amides is 1. The summed E-state index contributed by atoms with van der Waals surface area (Å²) in [6.45, 7) is 2.93. The van der Waals surface area contributed by atoms with Crippen LogP contribution in [-0.2, 0) is 17.6 Å². The molecule has 0 fully saturated rings. The largest absolute Gasteiger partial charge is 0.368 e. The number of nitrogens with one attached hydrogen (secondary N) is 1. The van der Waals surface area contributed by atoms with E-state index in [4.69, 9.17) is 5.73 Å². The van der Waals surface area contributed by atoms with Crippen molar-refractivity contribution in [1.82, 2.24) is 5.32 Å². The second kappa shape index (κ2) is 4.88. The normalized spacial score (nSPS) is 23.1. The summed E-state index contributed by atoms with van der Waals surface area (Å²) in [5, 5.41) is 3.35. The van der Waals surface area contributed by atoms with Crippen molar-refractivity contribution in [2.75, 3.05) is 6.54 Å². The molecule has 0 bridgehead atoms. The fourth-order valence-electron chi connectivity index (χ4n) is 2.55. The van der Waals surface area contributed by atoms with E-state index in [0.29, 0.717) is 0 Å². The lowest BCUT2D eigenvalue weighted by Gasteiger charge is -2.36. The Balaban J connectivity index is 2.24. The quantitative estimate of drug-likeness (QED) is 0.824. The van der Waals surface area contributed by atoms with Crippen LogP contribution in [0.25, 0.3) is 0 Å². The zero-order valence-electron chi connectivity index (χ0n) is 10.3. The summed E-state index contributed by atoms with van der Waals surface area (Å²) in [6.07, 6.45) is 3.46. The van der Waals surface area contributed by atoms with Crippen LogP contribution in [0.1, 0.15) is 30.9 Å². The molecule has 3 N–H and O–H groups in total. The van der Waals surface area contributed by atoms with Crippen LogP contribution in [-0.4, -0.2) is 18.0 Å². The molecule has 1 unspecified atom stereocenters. The first kappa shape index (κ1) is 12.1. The van der Waals surface area contributed by atoms with Crippen molar-refractivity contribution in [2.24, 2.45) is 5.73 Å². The van der Waals surface area contributed by atoms with Crippen LogP contribution in [0.15, 0.2) is 24.3 Å². The van der Waals surface area contributed by atoms with Crippen LogP contribution in [0, 0.1) is 0 Å². The van der Waals surface area contributed by atoms with Gasteiger partial charge in [0.1, 0.15) is 5.54 Å². The molecule has 3 nitrogen and oxygen atoms in total. The minimum Gasteiger partial charge on any atom is -0.368 e. The summed E-state index contributed by atoms with van der Waals surface area (Å²) < 4.78 is 0. The highest BCUT2D eigenvalue weighted by Gasteiger charge is 2.38. The summed E-state index contributed by atoms with van der Waals surface area (Å²) >= 11 is 0. The first-order chi connectivity index (χ1) is 8.18. The van der Waals surface area contributed by atoms with Gasteiger partial charge >= 0.3 is 0 Å². The number of fused-ring (bicyclic) bond motifs is 1. The number of benzene rings is 1. The maximum atomic E-state index is 11.8. The first-order valence-corrected chi connectivity index (χ1v) is 6.30. The summed E-state index contributed by atoms with van der Waals surface area (Å²) in [4.78, 5) is 11.8. The van der Waals surface area contributed by atoms with Crippen LogP contribution < -0.4 is 11.1 Å². The Morgan fingerprint density at radius 2 is 2.12 bits per heavy atom. The van der Waals surface area contributed by atoms with Gasteiger partial charge in [0.15, 0.2) is 0 Å². The van der Waals surface area contributed by atoms with E-state index < -0.39 is 5.54 Å². The zero-order valence-corrected chi connectivity index (χ0v) is 10.3. The van der Waals surface area contributed by atoms with E-state index in [-0.39, 0.29) is 5.91 Å². The fourth-order valence-corrected chi connectivity index (χ4v) is 2.55. The van der Waals surface area contributed by atoms with E-state index in [9.17, 15) is 4.79 Å². The number of nitrogens with two attached hydrogens (primary N) is 1. The van der Waals surface area contributed by atoms with Gasteiger partial charge in [-0.1, -0.05) is 31.2 Å². The van der Waals surface area contributed by atoms with E-state index >= 15 is 0 Å². The molecule has 3 heteroatoms. The lowest BCUT2D eigenvalue weighted by atomic mass is 9.77. The zero-order chi connectivity index (χ0) is 12.3. The highest BCUT2D eigenvalue weighted by molar-refractivity contribution is 5.85. The number of carbonyl (C=O) groups is 1. The SMILES string of the molecule is CCCNC1(C(N)=O)CCc2ccccc2C1. The number of primary amides is 1. The summed E-state index contributed by atoms with van der Waals surface area (Å²) in [5.74, 6) is -0.222. The number of hydrogen-bond donors (Lipinski definition) is 2. The Labute approximate surface area is 102 Å². The van der Waals surface area contributed by atoms with Crippen LogP contribution in [0.5, 0.6) is 0 Å². The smallest absolute Gasteiger partial charge is 0.238 e. The monoisotopic (exact) mass is 232 g/mol. The van der Waals surface area contributed by atoms with Crippen LogP contribution in [0.3, 0.4) is 0 Å². The summed E-state index contributed by atoms with van der Waals surface area (Å²) in [5.41, 5.74) is 7.66. The lowest BCUT2D eigenvalue weighted by molar-refractivity contribution is -0.125. The average Bonchev–Trinajstić information content (AvgIpc) is 2.36. The number of hydrogen-bond acceptors (Lipinski definition) is 2. The molecule has 2 rings (SSSR count). The van der Waals surface area contributed by atoms with E-state index in [1.807, 2.05) is 6.07 Å². The predicted octanol–water partition coefficient (Wildman–Crippen LogP) is 1.40. The van der Waals surface area contributed by atoms with Crippen LogP contribution in [0.4, 0.5) is 0 Å². The predicted molar refractivity (Wildman–Crippen MR) is 68.7 cm³/mol. The Morgan fingerprint density at radius 3 is 2.76 bits per heavy atom. The third-order valence-corrected chi connectivity index (χ3v) is 3.62. The van der Waals surface area contributed by atoms with Crippen LogP contribution >= 0.6 is 0 Å². The van der Waals surface area contributed by atoms with Gasteiger partial charge < -0.3 is 11.1 Å².